The number of hydrogen-bond acceptors (Lipinski definition) is 6. The first kappa shape index (κ1) is 19.2. The van der Waals surface area contributed by atoms with Gasteiger partial charge in [0.25, 0.3) is 0 Å². The molecule has 0 aliphatic carbocycles. The highest BCUT2D eigenvalue weighted by molar-refractivity contribution is 7.99. The van der Waals surface area contributed by atoms with Crippen molar-refractivity contribution in [3.05, 3.63) is 18.9 Å². The summed E-state index contributed by atoms with van der Waals surface area (Å²) in [5, 5.41) is 12.3. The van der Waals surface area contributed by atoms with Crippen LogP contribution in [0.15, 0.2) is 24.0 Å². The van der Waals surface area contributed by atoms with E-state index in [0.717, 1.165) is 40.7 Å². The van der Waals surface area contributed by atoms with E-state index in [0.29, 0.717) is 25.9 Å². The largest absolute Gasteiger partial charge is 0.369 e. The van der Waals surface area contributed by atoms with E-state index in [1.54, 1.807) is 24.0 Å². The van der Waals surface area contributed by atoms with Gasteiger partial charge < -0.3 is 10.6 Å². The third kappa shape index (κ3) is 5.45. The van der Waals surface area contributed by atoms with Crippen molar-refractivity contribution in [2.45, 2.75) is 44.8 Å². The lowest BCUT2D eigenvalue weighted by atomic mass is 10.3. The topological polar surface area (TPSA) is 84.7 Å². The van der Waals surface area contributed by atoms with Crippen LogP contribution in [0.25, 0.3) is 11.0 Å². The van der Waals surface area contributed by atoms with Crippen LogP contribution in [0.2, 0.25) is 0 Å². The molecule has 2 N–H and O–H groups in total. The molecule has 25 heavy (non-hydrogen) atoms. The van der Waals surface area contributed by atoms with Crippen LogP contribution in [0.4, 0.5) is 5.82 Å². The lowest BCUT2D eigenvalue weighted by Gasteiger charge is -2.09. The van der Waals surface area contributed by atoms with E-state index in [4.69, 9.17) is 0 Å². The van der Waals surface area contributed by atoms with Crippen molar-refractivity contribution in [3.63, 3.8) is 0 Å². The highest BCUT2D eigenvalue weighted by atomic mass is 32.2. The van der Waals surface area contributed by atoms with Gasteiger partial charge in [0.2, 0.25) is 5.91 Å². The van der Waals surface area contributed by atoms with Crippen molar-refractivity contribution >= 4 is 34.5 Å². The lowest BCUT2D eigenvalue weighted by molar-refractivity contribution is -0.121. The minimum Gasteiger partial charge on any atom is -0.369 e. The summed E-state index contributed by atoms with van der Waals surface area (Å²) in [5.74, 6) is 1.76. The molecule has 2 aromatic rings. The van der Waals surface area contributed by atoms with Gasteiger partial charge >= 0.3 is 0 Å². The fourth-order valence-corrected chi connectivity index (χ4v) is 2.86. The van der Waals surface area contributed by atoms with Crippen molar-refractivity contribution < 1.29 is 4.79 Å². The van der Waals surface area contributed by atoms with E-state index < -0.39 is 0 Å². The Labute approximate surface area is 152 Å². The first-order valence-electron chi connectivity index (χ1n) is 8.67. The molecule has 1 amide bonds. The maximum Gasteiger partial charge on any atom is 0.220 e. The Morgan fingerprint density at radius 3 is 2.92 bits per heavy atom. The zero-order chi connectivity index (χ0) is 18.1. The van der Waals surface area contributed by atoms with Crippen LogP contribution in [0.1, 0.15) is 33.1 Å². The molecule has 0 fully saturated rings. The fourth-order valence-electron chi connectivity index (χ4n) is 2.29. The Kier molecular flexibility index (Phi) is 7.72. The van der Waals surface area contributed by atoms with Gasteiger partial charge in [0.05, 0.1) is 18.1 Å². The highest BCUT2D eigenvalue weighted by Crippen LogP contribution is 2.24. The quantitative estimate of drug-likeness (QED) is 0.363. The summed E-state index contributed by atoms with van der Waals surface area (Å²) >= 11 is 1.61. The number of thioether (sulfide) groups is 1. The van der Waals surface area contributed by atoms with Crippen molar-refractivity contribution in [2.75, 3.05) is 24.2 Å². The minimum atomic E-state index is 0.0264. The van der Waals surface area contributed by atoms with E-state index in [2.05, 4.69) is 46.1 Å². The predicted octanol–water partition coefficient (Wildman–Crippen LogP) is 2.84. The number of fused-ring (bicyclic) bond motifs is 1. The number of rotatable bonds is 11. The second-order valence-electron chi connectivity index (χ2n) is 5.50. The van der Waals surface area contributed by atoms with Gasteiger partial charge in [-0.2, -0.15) is 5.10 Å². The van der Waals surface area contributed by atoms with Crippen LogP contribution in [-0.4, -0.2) is 44.5 Å². The van der Waals surface area contributed by atoms with E-state index >= 15 is 0 Å². The molecule has 0 spiro atoms. The summed E-state index contributed by atoms with van der Waals surface area (Å²) in [6.07, 6.45) is 5.71. The molecule has 2 heterocycles. The van der Waals surface area contributed by atoms with E-state index in [1.807, 2.05) is 4.68 Å². The van der Waals surface area contributed by atoms with Crippen LogP contribution >= 0.6 is 11.8 Å². The number of nitrogens with zero attached hydrogens (tertiary/aromatic N) is 4. The maximum absolute atomic E-state index is 11.7. The first-order valence-corrected chi connectivity index (χ1v) is 9.66. The average molecular weight is 363 g/mol. The minimum absolute atomic E-state index is 0.0264. The third-order valence-electron chi connectivity index (χ3n) is 3.51. The van der Waals surface area contributed by atoms with Crippen LogP contribution in [0.3, 0.4) is 0 Å². The smallest absolute Gasteiger partial charge is 0.220 e. The number of amides is 1. The van der Waals surface area contributed by atoms with Crippen LogP contribution in [-0.2, 0) is 11.3 Å². The van der Waals surface area contributed by atoms with Crippen molar-refractivity contribution in [1.29, 1.82) is 0 Å². The first-order chi connectivity index (χ1) is 12.2. The molecule has 8 heteroatoms. The van der Waals surface area contributed by atoms with Crippen LogP contribution < -0.4 is 10.6 Å². The Bertz CT molecular complexity index is 714. The number of hydrogen-bond donors (Lipinski definition) is 2. The van der Waals surface area contributed by atoms with Gasteiger partial charge in [0, 0.05) is 19.5 Å². The van der Waals surface area contributed by atoms with E-state index in [-0.39, 0.29) is 5.91 Å². The van der Waals surface area contributed by atoms with Crippen LogP contribution in [0, 0.1) is 0 Å². The molecule has 0 saturated heterocycles. The molecular formula is C17H26N6OS. The molecule has 2 rings (SSSR count). The Hall–Kier alpha value is -2.09. The van der Waals surface area contributed by atoms with Gasteiger partial charge in [-0.3, -0.25) is 4.79 Å². The molecule has 0 bridgehead atoms. The molecule has 0 aromatic carbocycles. The zero-order valence-electron chi connectivity index (χ0n) is 14.9. The molecule has 0 aliphatic rings. The zero-order valence-corrected chi connectivity index (χ0v) is 15.7. The number of anilines is 1. The number of allylic oxidation sites excluding steroid dienone is 1. The summed E-state index contributed by atoms with van der Waals surface area (Å²) in [4.78, 5) is 20.9. The molecule has 136 valence electrons. The third-order valence-corrected chi connectivity index (χ3v) is 4.24. The van der Waals surface area contributed by atoms with E-state index in [9.17, 15) is 4.79 Å². The number of aromatic nitrogens is 4. The lowest BCUT2D eigenvalue weighted by Crippen LogP contribution is -2.27. The van der Waals surface area contributed by atoms with Gasteiger partial charge in [0.1, 0.15) is 5.82 Å². The van der Waals surface area contributed by atoms with Gasteiger partial charge in [-0.05, 0) is 18.6 Å². The SMILES string of the molecule is C=CCCC(=O)NCCn1ncc2c(NCCC)nc(SCC)nc21. The monoisotopic (exact) mass is 362 g/mol. The van der Waals surface area contributed by atoms with Crippen molar-refractivity contribution in [2.24, 2.45) is 0 Å². The van der Waals surface area contributed by atoms with Crippen molar-refractivity contribution in [1.82, 2.24) is 25.1 Å². The summed E-state index contributed by atoms with van der Waals surface area (Å²) in [6, 6.07) is 0. The fraction of sp³-hybridized carbons (Fsp3) is 0.529. The molecular weight excluding hydrogens is 336 g/mol. The predicted molar refractivity (Wildman–Crippen MR) is 103 cm³/mol. The molecule has 0 atom stereocenters. The second-order valence-corrected chi connectivity index (χ2v) is 6.73. The molecule has 0 unspecified atom stereocenters. The number of nitrogens with one attached hydrogen (secondary N) is 2. The van der Waals surface area contributed by atoms with Gasteiger partial charge in [0.15, 0.2) is 10.8 Å². The Morgan fingerprint density at radius 2 is 2.20 bits per heavy atom. The Balaban J connectivity index is 2.13. The average Bonchev–Trinajstić information content (AvgIpc) is 3.01. The van der Waals surface area contributed by atoms with Gasteiger partial charge in [-0.25, -0.2) is 14.6 Å². The number of carbonyl (C=O) groups is 1. The van der Waals surface area contributed by atoms with Gasteiger partial charge in [-0.1, -0.05) is 31.7 Å². The summed E-state index contributed by atoms with van der Waals surface area (Å²) < 4.78 is 1.82. The number of carbonyl (C=O) groups excluding carboxylic acids is 1. The summed E-state index contributed by atoms with van der Waals surface area (Å²) in [6.45, 7) is 9.76. The highest BCUT2D eigenvalue weighted by Gasteiger charge is 2.13. The van der Waals surface area contributed by atoms with Crippen molar-refractivity contribution in [3.8, 4) is 0 Å². The van der Waals surface area contributed by atoms with Crippen LogP contribution in [0.5, 0.6) is 0 Å². The second kappa shape index (κ2) is 10.0. The van der Waals surface area contributed by atoms with Gasteiger partial charge in [-0.15, -0.1) is 6.58 Å². The van der Waals surface area contributed by atoms with E-state index in [1.165, 1.54) is 0 Å². The molecule has 7 nitrogen and oxygen atoms in total. The molecule has 0 aliphatic heterocycles. The molecule has 0 saturated carbocycles. The summed E-state index contributed by atoms with van der Waals surface area (Å²) in [7, 11) is 0. The maximum atomic E-state index is 11.7. The molecule has 2 aromatic heterocycles. The normalized spacial score (nSPS) is 10.8. The summed E-state index contributed by atoms with van der Waals surface area (Å²) in [5.41, 5.74) is 0.796. The Morgan fingerprint density at radius 1 is 1.36 bits per heavy atom. The standard InChI is InChI=1S/C17H26N6OS/c1-4-7-8-14(24)18-10-11-23-16-13(12-20-23)15(19-9-5-2)21-17(22-16)25-6-3/h4,12H,1,5-11H2,2-3H3,(H,18,24)(H,19,21,22). The molecule has 0 radical (unpaired) electrons.